The van der Waals surface area contributed by atoms with E-state index in [9.17, 15) is 9.90 Å². The van der Waals surface area contributed by atoms with Crippen molar-refractivity contribution in [1.82, 2.24) is 5.32 Å². The highest BCUT2D eigenvalue weighted by molar-refractivity contribution is 8.00. The Hall–Kier alpha value is -1.04. The number of aliphatic hydroxyl groups is 1. The molecule has 0 aliphatic carbocycles. The van der Waals surface area contributed by atoms with Gasteiger partial charge in [-0.15, -0.1) is 0 Å². The van der Waals surface area contributed by atoms with Crippen LogP contribution in [0.2, 0.25) is 0 Å². The number of aliphatic hydroxyl groups excluding tert-OH is 1. The summed E-state index contributed by atoms with van der Waals surface area (Å²) in [4.78, 5) is 12.3. The molecule has 0 saturated carbocycles. The maximum atomic E-state index is 12.3. The van der Waals surface area contributed by atoms with Crippen molar-refractivity contribution in [1.29, 1.82) is 0 Å². The zero-order valence-corrected chi connectivity index (χ0v) is 14.7. The van der Waals surface area contributed by atoms with Crippen molar-refractivity contribution in [2.45, 2.75) is 57.7 Å². The molecule has 124 valence electrons. The molecule has 2 atom stereocenters. The Balaban J connectivity index is 2.58. The van der Waals surface area contributed by atoms with E-state index in [1.807, 2.05) is 37.3 Å². The molecule has 5 heteroatoms. The van der Waals surface area contributed by atoms with Crippen LogP contribution < -0.4 is 5.32 Å². The molecule has 0 amide bonds. The van der Waals surface area contributed by atoms with Gasteiger partial charge in [0, 0.05) is 10.5 Å². The topological polar surface area (TPSA) is 58.6 Å². The summed E-state index contributed by atoms with van der Waals surface area (Å²) in [5.41, 5.74) is 0.953. The fraction of sp³-hybridized carbons (Fsp3) is 0.588. The lowest BCUT2D eigenvalue weighted by Gasteiger charge is -2.24. The number of hydrogen-bond donors (Lipinski definition) is 2. The minimum absolute atomic E-state index is 0.0524. The average molecular weight is 325 g/mol. The highest BCUT2D eigenvalue weighted by atomic mass is 32.2. The van der Waals surface area contributed by atoms with Gasteiger partial charge in [0.25, 0.3) is 0 Å². The predicted molar refractivity (Wildman–Crippen MR) is 91.7 cm³/mol. The average Bonchev–Trinajstić information content (AvgIpc) is 2.48. The van der Waals surface area contributed by atoms with Gasteiger partial charge in [-0.2, -0.15) is 11.8 Å². The summed E-state index contributed by atoms with van der Waals surface area (Å²) in [5.74, 6) is 0.238. The molecule has 0 aliphatic rings. The molecule has 0 aromatic heterocycles. The predicted octanol–water partition coefficient (Wildman–Crippen LogP) is 2.95. The molecule has 1 aromatic carbocycles. The lowest BCUT2D eigenvalue weighted by Crippen LogP contribution is -2.46. The van der Waals surface area contributed by atoms with Gasteiger partial charge in [-0.05, 0) is 12.0 Å². The van der Waals surface area contributed by atoms with Gasteiger partial charge in [0.1, 0.15) is 18.9 Å². The summed E-state index contributed by atoms with van der Waals surface area (Å²) in [6.45, 7) is 8.40. The maximum Gasteiger partial charge on any atom is 0.324 e. The number of rotatable bonds is 8. The van der Waals surface area contributed by atoms with Crippen molar-refractivity contribution in [2.24, 2.45) is 0 Å². The van der Waals surface area contributed by atoms with Crippen molar-refractivity contribution in [3.05, 3.63) is 35.9 Å². The van der Waals surface area contributed by atoms with Crippen molar-refractivity contribution >= 4 is 17.7 Å². The molecule has 0 fully saturated rings. The van der Waals surface area contributed by atoms with E-state index < -0.39 is 12.3 Å². The molecule has 0 radical (unpaired) electrons. The highest BCUT2D eigenvalue weighted by Gasteiger charge is 2.24. The molecule has 0 spiro atoms. The Labute approximate surface area is 137 Å². The van der Waals surface area contributed by atoms with E-state index in [-0.39, 0.29) is 17.3 Å². The van der Waals surface area contributed by atoms with Gasteiger partial charge in [-0.25, -0.2) is 0 Å². The van der Waals surface area contributed by atoms with E-state index in [1.165, 1.54) is 0 Å². The molecule has 0 saturated heterocycles. The van der Waals surface area contributed by atoms with Crippen LogP contribution in [0.3, 0.4) is 0 Å². The van der Waals surface area contributed by atoms with E-state index in [2.05, 4.69) is 26.1 Å². The first-order valence-electron chi connectivity index (χ1n) is 7.60. The Morgan fingerprint density at radius 2 is 1.95 bits per heavy atom. The van der Waals surface area contributed by atoms with Crippen LogP contribution in [0.4, 0.5) is 0 Å². The van der Waals surface area contributed by atoms with Crippen molar-refractivity contribution in [2.75, 3.05) is 5.75 Å². The normalized spacial score (nSPS) is 14.4. The standard InChI is InChI=1S/C17H27NO3S/c1-5-15(19)18-14(12-22-17(2,3)4)16(20)21-11-13-9-7-6-8-10-13/h6-10,14-15,18-19H,5,11-12H2,1-4H3. The monoisotopic (exact) mass is 325 g/mol. The zero-order valence-electron chi connectivity index (χ0n) is 13.8. The first kappa shape index (κ1) is 19.0. The first-order chi connectivity index (χ1) is 10.3. The van der Waals surface area contributed by atoms with Crippen molar-refractivity contribution in [3.8, 4) is 0 Å². The second kappa shape index (κ2) is 9.18. The van der Waals surface area contributed by atoms with E-state index in [0.29, 0.717) is 12.2 Å². The van der Waals surface area contributed by atoms with Crippen LogP contribution in [0, 0.1) is 0 Å². The maximum absolute atomic E-state index is 12.3. The lowest BCUT2D eigenvalue weighted by atomic mass is 10.2. The van der Waals surface area contributed by atoms with Crippen molar-refractivity contribution in [3.63, 3.8) is 0 Å². The SMILES string of the molecule is CCC(O)NC(CSC(C)(C)C)C(=O)OCc1ccccc1. The number of carbonyl (C=O) groups is 1. The summed E-state index contributed by atoms with van der Waals surface area (Å²) in [6.07, 6.45) is -0.155. The molecule has 2 unspecified atom stereocenters. The first-order valence-corrected chi connectivity index (χ1v) is 8.59. The van der Waals surface area contributed by atoms with E-state index in [4.69, 9.17) is 4.74 Å². The summed E-state index contributed by atoms with van der Waals surface area (Å²) in [6, 6.07) is 9.07. The van der Waals surface area contributed by atoms with Crippen LogP contribution in [0.25, 0.3) is 0 Å². The third-order valence-corrected chi connectivity index (χ3v) is 4.34. The van der Waals surface area contributed by atoms with Crippen LogP contribution in [0.15, 0.2) is 30.3 Å². The lowest BCUT2D eigenvalue weighted by molar-refractivity contribution is -0.147. The fourth-order valence-electron chi connectivity index (χ4n) is 1.70. The minimum atomic E-state index is -0.699. The van der Waals surface area contributed by atoms with E-state index in [1.54, 1.807) is 11.8 Å². The van der Waals surface area contributed by atoms with Crippen LogP contribution in [-0.2, 0) is 16.1 Å². The minimum Gasteiger partial charge on any atom is -0.460 e. The van der Waals surface area contributed by atoms with Gasteiger partial charge in [0.2, 0.25) is 0 Å². The molecule has 0 heterocycles. The Kier molecular flexibility index (Phi) is 7.93. The Morgan fingerprint density at radius 1 is 1.32 bits per heavy atom. The van der Waals surface area contributed by atoms with Gasteiger partial charge < -0.3 is 9.84 Å². The number of thioether (sulfide) groups is 1. The smallest absolute Gasteiger partial charge is 0.324 e. The second-order valence-electron chi connectivity index (χ2n) is 6.16. The molecule has 2 N–H and O–H groups in total. The van der Waals surface area contributed by atoms with Gasteiger partial charge in [-0.3, -0.25) is 10.1 Å². The number of esters is 1. The van der Waals surface area contributed by atoms with Gasteiger partial charge >= 0.3 is 5.97 Å². The number of carbonyl (C=O) groups excluding carboxylic acids is 1. The molecule has 0 aliphatic heterocycles. The largest absolute Gasteiger partial charge is 0.460 e. The van der Waals surface area contributed by atoms with Gasteiger partial charge in [0.05, 0.1) is 0 Å². The third kappa shape index (κ3) is 7.82. The van der Waals surface area contributed by atoms with E-state index >= 15 is 0 Å². The molecular weight excluding hydrogens is 298 g/mol. The van der Waals surface area contributed by atoms with Crippen molar-refractivity contribution < 1.29 is 14.6 Å². The quantitative estimate of drug-likeness (QED) is 0.568. The number of benzene rings is 1. The highest BCUT2D eigenvalue weighted by Crippen LogP contribution is 2.24. The van der Waals surface area contributed by atoms with Crippen LogP contribution in [0.1, 0.15) is 39.7 Å². The zero-order chi connectivity index (χ0) is 16.6. The van der Waals surface area contributed by atoms with Crippen LogP contribution >= 0.6 is 11.8 Å². The van der Waals surface area contributed by atoms with Crippen LogP contribution in [0.5, 0.6) is 0 Å². The summed E-state index contributed by atoms with van der Waals surface area (Å²) in [5, 5.41) is 12.7. The van der Waals surface area contributed by atoms with Gasteiger partial charge in [0.15, 0.2) is 0 Å². The number of nitrogens with one attached hydrogen (secondary N) is 1. The third-order valence-electron chi connectivity index (χ3n) is 2.97. The van der Waals surface area contributed by atoms with Crippen LogP contribution in [-0.4, -0.2) is 33.8 Å². The summed E-state index contributed by atoms with van der Waals surface area (Å²) in [7, 11) is 0. The summed E-state index contributed by atoms with van der Waals surface area (Å²) >= 11 is 1.67. The molecule has 1 aromatic rings. The van der Waals surface area contributed by atoms with Gasteiger partial charge in [-0.1, -0.05) is 58.0 Å². The molecule has 0 bridgehead atoms. The molecular formula is C17H27NO3S. The Bertz CT molecular complexity index is 445. The second-order valence-corrected chi connectivity index (χ2v) is 8.01. The molecule has 4 nitrogen and oxygen atoms in total. The number of ether oxygens (including phenoxy) is 1. The Morgan fingerprint density at radius 3 is 2.50 bits per heavy atom. The van der Waals surface area contributed by atoms with E-state index in [0.717, 1.165) is 5.56 Å². The number of hydrogen-bond acceptors (Lipinski definition) is 5. The molecule has 1 rings (SSSR count). The fourth-order valence-corrected chi connectivity index (χ4v) is 2.60. The molecule has 22 heavy (non-hydrogen) atoms. The summed E-state index contributed by atoms with van der Waals surface area (Å²) < 4.78 is 5.43.